The van der Waals surface area contributed by atoms with Gasteiger partial charge in [0.25, 0.3) is 0 Å². The van der Waals surface area contributed by atoms with E-state index in [1.807, 2.05) is 0 Å². The van der Waals surface area contributed by atoms with E-state index in [4.69, 9.17) is 6.42 Å². The highest BCUT2D eigenvalue weighted by Crippen LogP contribution is 2.04. The molecule has 1 rings (SSSR count). The predicted molar refractivity (Wildman–Crippen MR) is 36.9 cm³/mol. The van der Waals surface area contributed by atoms with Crippen molar-refractivity contribution in [3.05, 3.63) is 29.3 Å². The second-order valence-electron chi connectivity index (χ2n) is 1.97. The van der Waals surface area contributed by atoms with Crippen LogP contribution in [-0.2, 0) is 0 Å². The SMILES string of the molecule is C#Cc1cc(F)ncc1C. The number of hydrogen-bond acceptors (Lipinski definition) is 1. The summed E-state index contributed by atoms with van der Waals surface area (Å²) in [7, 11) is 0. The Hall–Kier alpha value is -1.36. The topological polar surface area (TPSA) is 12.9 Å². The molecule has 0 aromatic carbocycles. The average Bonchev–Trinajstić information content (AvgIpc) is 1.94. The third-order valence-corrected chi connectivity index (χ3v) is 1.23. The molecule has 2 heteroatoms. The first-order valence-corrected chi connectivity index (χ1v) is 2.83. The molecule has 0 unspecified atom stereocenters. The van der Waals surface area contributed by atoms with Crippen molar-refractivity contribution in [2.45, 2.75) is 6.92 Å². The van der Waals surface area contributed by atoms with E-state index in [1.165, 1.54) is 12.3 Å². The van der Waals surface area contributed by atoms with Crippen molar-refractivity contribution in [2.75, 3.05) is 0 Å². The smallest absolute Gasteiger partial charge is 0.214 e. The molecule has 1 nitrogen and oxygen atoms in total. The van der Waals surface area contributed by atoms with Crippen LogP contribution in [0.2, 0.25) is 0 Å². The molecule has 0 amide bonds. The summed E-state index contributed by atoms with van der Waals surface area (Å²) in [5.74, 6) is 1.83. The van der Waals surface area contributed by atoms with Crippen molar-refractivity contribution in [3.63, 3.8) is 0 Å². The van der Waals surface area contributed by atoms with Crippen LogP contribution in [0, 0.1) is 25.2 Å². The minimum absolute atomic E-state index is 0.529. The number of rotatable bonds is 0. The van der Waals surface area contributed by atoms with Gasteiger partial charge in [0, 0.05) is 17.8 Å². The Morgan fingerprint density at radius 2 is 2.40 bits per heavy atom. The Balaban J connectivity index is 3.25. The van der Waals surface area contributed by atoms with E-state index in [-0.39, 0.29) is 0 Å². The van der Waals surface area contributed by atoms with Gasteiger partial charge in [-0.25, -0.2) is 4.98 Å². The highest BCUT2D eigenvalue weighted by molar-refractivity contribution is 5.36. The van der Waals surface area contributed by atoms with E-state index in [1.54, 1.807) is 6.92 Å². The van der Waals surface area contributed by atoms with Crippen LogP contribution in [-0.4, -0.2) is 4.98 Å². The molecule has 0 spiro atoms. The molecule has 1 aromatic heterocycles. The maximum absolute atomic E-state index is 12.3. The summed E-state index contributed by atoms with van der Waals surface area (Å²) in [4.78, 5) is 3.43. The summed E-state index contributed by atoms with van der Waals surface area (Å²) in [6.07, 6.45) is 6.50. The Morgan fingerprint density at radius 1 is 1.70 bits per heavy atom. The molecular weight excluding hydrogens is 129 g/mol. The fourth-order valence-electron chi connectivity index (χ4n) is 0.654. The van der Waals surface area contributed by atoms with Gasteiger partial charge in [-0.15, -0.1) is 6.42 Å². The molecule has 1 aromatic rings. The minimum Gasteiger partial charge on any atom is -0.228 e. The Morgan fingerprint density at radius 3 is 2.90 bits per heavy atom. The van der Waals surface area contributed by atoms with E-state index in [0.717, 1.165) is 5.56 Å². The lowest BCUT2D eigenvalue weighted by molar-refractivity contribution is 0.582. The van der Waals surface area contributed by atoms with Gasteiger partial charge in [0.2, 0.25) is 5.95 Å². The van der Waals surface area contributed by atoms with Gasteiger partial charge in [-0.3, -0.25) is 0 Å². The van der Waals surface area contributed by atoms with Gasteiger partial charge >= 0.3 is 0 Å². The molecule has 0 aliphatic heterocycles. The Bertz CT molecular complexity index is 286. The van der Waals surface area contributed by atoms with E-state index in [0.29, 0.717) is 5.56 Å². The normalized spacial score (nSPS) is 8.90. The van der Waals surface area contributed by atoms with Crippen LogP contribution in [0.1, 0.15) is 11.1 Å². The standard InChI is InChI=1S/C8H6FN/c1-3-7-4-8(9)10-5-6(7)2/h1,4-5H,2H3. The number of aromatic nitrogens is 1. The number of nitrogens with zero attached hydrogens (tertiary/aromatic N) is 1. The number of terminal acetylenes is 1. The lowest BCUT2D eigenvalue weighted by Crippen LogP contribution is -1.87. The third-order valence-electron chi connectivity index (χ3n) is 1.23. The first-order valence-electron chi connectivity index (χ1n) is 2.83. The van der Waals surface area contributed by atoms with Crippen molar-refractivity contribution in [1.82, 2.24) is 4.98 Å². The average molecular weight is 135 g/mol. The predicted octanol–water partition coefficient (Wildman–Crippen LogP) is 1.51. The molecule has 0 fully saturated rings. The lowest BCUT2D eigenvalue weighted by atomic mass is 10.2. The second-order valence-corrected chi connectivity index (χ2v) is 1.97. The Kier molecular flexibility index (Phi) is 1.68. The lowest BCUT2D eigenvalue weighted by Gasteiger charge is -1.94. The monoisotopic (exact) mass is 135 g/mol. The van der Waals surface area contributed by atoms with Crippen molar-refractivity contribution < 1.29 is 4.39 Å². The number of aryl methyl sites for hydroxylation is 1. The highest BCUT2D eigenvalue weighted by Gasteiger charge is 1.96. The summed E-state index contributed by atoms with van der Waals surface area (Å²) < 4.78 is 12.3. The molecule has 10 heavy (non-hydrogen) atoms. The van der Waals surface area contributed by atoms with Gasteiger partial charge in [0.05, 0.1) is 0 Å². The first kappa shape index (κ1) is 6.76. The van der Waals surface area contributed by atoms with E-state index < -0.39 is 5.95 Å². The molecule has 0 aliphatic rings. The third kappa shape index (κ3) is 1.14. The zero-order valence-electron chi connectivity index (χ0n) is 5.56. The van der Waals surface area contributed by atoms with E-state index in [2.05, 4.69) is 10.9 Å². The summed E-state index contributed by atoms with van der Waals surface area (Å²) in [6, 6.07) is 1.25. The maximum atomic E-state index is 12.3. The number of pyridine rings is 1. The van der Waals surface area contributed by atoms with Crippen molar-refractivity contribution in [3.8, 4) is 12.3 Å². The molecule has 0 saturated heterocycles. The van der Waals surface area contributed by atoms with Crippen LogP contribution < -0.4 is 0 Å². The molecule has 0 bridgehead atoms. The number of hydrogen-bond donors (Lipinski definition) is 0. The molecule has 1 heterocycles. The van der Waals surface area contributed by atoms with Crippen LogP contribution >= 0.6 is 0 Å². The summed E-state index contributed by atoms with van der Waals surface area (Å²) >= 11 is 0. The van der Waals surface area contributed by atoms with Gasteiger partial charge in [-0.05, 0) is 12.5 Å². The van der Waals surface area contributed by atoms with Crippen LogP contribution in [0.5, 0.6) is 0 Å². The quantitative estimate of drug-likeness (QED) is 0.388. The van der Waals surface area contributed by atoms with Crippen molar-refractivity contribution in [1.29, 1.82) is 0 Å². The van der Waals surface area contributed by atoms with Crippen molar-refractivity contribution >= 4 is 0 Å². The molecule has 0 saturated carbocycles. The van der Waals surface area contributed by atoms with Crippen LogP contribution in [0.3, 0.4) is 0 Å². The van der Waals surface area contributed by atoms with Gasteiger partial charge in [0.15, 0.2) is 0 Å². The minimum atomic E-state index is -0.529. The fourth-order valence-corrected chi connectivity index (χ4v) is 0.654. The number of halogens is 1. The first-order chi connectivity index (χ1) is 4.74. The summed E-state index contributed by atoms with van der Waals surface area (Å²) in [5.41, 5.74) is 1.39. The zero-order valence-corrected chi connectivity index (χ0v) is 5.56. The summed E-state index contributed by atoms with van der Waals surface area (Å²) in [6.45, 7) is 1.79. The molecule has 0 atom stereocenters. The molecule has 0 radical (unpaired) electrons. The van der Waals surface area contributed by atoms with Crippen LogP contribution in [0.15, 0.2) is 12.3 Å². The summed E-state index contributed by atoms with van der Waals surface area (Å²) in [5, 5.41) is 0. The highest BCUT2D eigenvalue weighted by atomic mass is 19.1. The fraction of sp³-hybridized carbons (Fsp3) is 0.125. The molecular formula is C8H6FN. The zero-order chi connectivity index (χ0) is 7.56. The van der Waals surface area contributed by atoms with Gasteiger partial charge < -0.3 is 0 Å². The molecule has 0 N–H and O–H groups in total. The van der Waals surface area contributed by atoms with Crippen molar-refractivity contribution in [2.24, 2.45) is 0 Å². The van der Waals surface area contributed by atoms with E-state index >= 15 is 0 Å². The van der Waals surface area contributed by atoms with Crippen LogP contribution in [0.4, 0.5) is 4.39 Å². The second kappa shape index (κ2) is 2.49. The maximum Gasteiger partial charge on any atom is 0.214 e. The molecule has 50 valence electrons. The Labute approximate surface area is 58.9 Å². The largest absolute Gasteiger partial charge is 0.228 e. The van der Waals surface area contributed by atoms with E-state index in [9.17, 15) is 4.39 Å². The van der Waals surface area contributed by atoms with Gasteiger partial charge in [-0.2, -0.15) is 4.39 Å². The molecule has 0 aliphatic carbocycles. The van der Waals surface area contributed by atoms with Gasteiger partial charge in [0.1, 0.15) is 0 Å². The van der Waals surface area contributed by atoms with Crippen LogP contribution in [0.25, 0.3) is 0 Å². The van der Waals surface area contributed by atoms with Gasteiger partial charge in [-0.1, -0.05) is 5.92 Å².